The number of H-pyrrole nitrogens is 1. The zero-order valence-corrected chi connectivity index (χ0v) is 12.6. The number of carbonyl (C=O) groups is 2. The van der Waals surface area contributed by atoms with Crippen LogP contribution in [0.25, 0.3) is 10.9 Å². The number of aromatic amines is 1. The molecule has 0 spiro atoms. The smallest absolute Gasteiger partial charge is 0.369 e. The molecule has 7 heteroatoms. The van der Waals surface area contributed by atoms with Crippen LogP contribution in [-0.4, -0.2) is 30.6 Å². The van der Waals surface area contributed by atoms with Crippen molar-refractivity contribution in [3.05, 3.63) is 35.5 Å². The number of quaternary nitrogens is 1. The van der Waals surface area contributed by atoms with Gasteiger partial charge in [-0.3, -0.25) is 0 Å². The molecule has 0 aliphatic carbocycles. The predicted molar refractivity (Wildman–Crippen MR) is 71.9 cm³/mol. The van der Waals surface area contributed by atoms with E-state index in [1.54, 1.807) is 25.3 Å². The molecule has 2 rings (SSSR count). The Hall–Kier alpha value is -2.05. The van der Waals surface area contributed by atoms with Crippen LogP contribution < -0.4 is 18.1 Å². The SMILES string of the molecule is CCOC(=O)C([NH3+])c1c[nH]c2c(C(=O)OC)cccc12.[Cl-]. The molecule has 6 nitrogen and oxygen atoms in total. The van der Waals surface area contributed by atoms with Crippen LogP contribution in [0.5, 0.6) is 0 Å². The maximum absolute atomic E-state index is 11.8. The summed E-state index contributed by atoms with van der Waals surface area (Å²) in [6.07, 6.45) is 1.67. The van der Waals surface area contributed by atoms with Gasteiger partial charge in [0, 0.05) is 17.1 Å². The van der Waals surface area contributed by atoms with Crippen molar-refractivity contribution in [3.8, 4) is 0 Å². The molecule has 0 radical (unpaired) electrons. The van der Waals surface area contributed by atoms with Gasteiger partial charge in [0.15, 0.2) is 0 Å². The Morgan fingerprint density at radius 2 is 2.10 bits per heavy atom. The van der Waals surface area contributed by atoms with E-state index in [4.69, 9.17) is 9.47 Å². The largest absolute Gasteiger partial charge is 1.00 e. The van der Waals surface area contributed by atoms with E-state index in [2.05, 4.69) is 10.7 Å². The molecule has 21 heavy (non-hydrogen) atoms. The average Bonchev–Trinajstić information content (AvgIpc) is 2.89. The Morgan fingerprint density at radius 1 is 1.38 bits per heavy atom. The summed E-state index contributed by atoms with van der Waals surface area (Å²) in [7, 11) is 1.33. The summed E-state index contributed by atoms with van der Waals surface area (Å²) < 4.78 is 9.70. The highest BCUT2D eigenvalue weighted by atomic mass is 35.5. The maximum atomic E-state index is 11.8. The summed E-state index contributed by atoms with van der Waals surface area (Å²) in [5.41, 5.74) is 5.59. The minimum atomic E-state index is -0.642. The molecule has 0 saturated heterocycles. The number of halogens is 1. The predicted octanol–water partition coefficient (Wildman–Crippen LogP) is -2.20. The average molecular weight is 313 g/mol. The van der Waals surface area contributed by atoms with Crippen LogP contribution in [0.1, 0.15) is 28.9 Å². The van der Waals surface area contributed by atoms with Gasteiger partial charge >= 0.3 is 11.9 Å². The number of fused-ring (bicyclic) bond motifs is 1. The Labute approximate surface area is 128 Å². The maximum Gasteiger partial charge on any atom is 0.369 e. The summed E-state index contributed by atoms with van der Waals surface area (Å²) in [5, 5.41) is 0.765. The molecule has 1 aromatic heterocycles. The topological polar surface area (TPSA) is 96.0 Å². The van der Waals surface area contributed by atoms with E-state index in [1.807, 2.05) is 6.07 Å². The van der Waals surface area contributed by atoms with Crippen molar-refractivity contribution in [1.82, 2.24) is 4.98 Å². The second-order valence-corrected chi connectivity index (χ2v) is 4.27. The highest BCUT2D eigenvalue weighted by molar-refractivity contribution is 6.04. The van der Waals surface area contributed by atoms with Crippen LogP contribution in [0.4, 0.5) is 0 Å². The van der Waals surface area contributed by atoms with Crippen LogP contribution >= 0.6 is 0 Å². The molecule has 0 saturated carbocycles. The first-order chi connectivity index (χ1) is 9.60. The number of para-hydroxylation sites is 1. The fourth-order valence-electron chi connectivity index (χ4n) is 2.11. The molecule has 0 aliphatic heterocycles. The number of aromatic nitrogens is 1. The van der Waals surface area contributed by atoms with Crippen LogP contribution in [0.2, 0.25) is 0 Å². The standard InChI is InChI=1S/C14H16N2O4.ClH/c1-3-20-14(18)11(15)10-7-16-12-8(10)5-4-6-9(12)13(17)19-2;/h4-7,11,16H,3,15H2,1-2H3;1H. The van der Waals surface area contributed by atoms with Crippen molar-refractivity contribution >= 4 is 22.8 Å². The summed E-state index contributed by atoms with van der Waals surface area (Å²) in [6, 6.07) is 4.59. The highest BCUT2D eigenvalue weighted by Gasteiger charge is 2.25. The number of carbonyl (C=O) groups excluding carboxylic acids is 2. The third kappa shape index (κ3) is 3.17. The Balaban J connectivity index is 0.00000220. The second-order valence-electron chi connectivity index (χ2n) is 4.27. The van der Waals surface area contributed by atoms with Crippen LogP contribution in [-0.2, 0) is 14.3 Å². The zero-order chi connectivity index (χ0) is 14.7. The second kappa shape index (κ2) is 7.10. The van der Waals surface area contributed by atoms with E-state index in [0.29, 0.717) is 23.3 Å². The molecular formula is C14H17ClN2O4. The summed E-state index contributed by atoms with van der Waals surface area (Å²) in [4.78, 5) is 26.5. The molecule has 1 aromatic carbocycles. The Kier molecular flexibility index (Phi) is 5.75. The number of benzene rings is 1. The number of ether oxygens (including phenoxy) is 2. The number of methoxy groups -OCH3 is 1. The van der Waals surface area contributed by atoms with Crippen molar-refractivity contribution in [3.63, 3.8) is 0 Å². The van der Waals surface area contributed by atoms with Crippen molar-refractivity contribution in [2.75, 3.05) is 13.7 Å². The van der Waals surface area contributed by atoms with Gasteiger partial charge < -0.3 is 32.6 Å². The van der Waals surface area contributed by atoms with Gasteiger partial charge in [0.1, 0.15) is 0 Å². The van der Waals surface area contributed by atoms with Crippen LogP contribution in [0.3, 0.4) is 0 Å². The quantitative estimate of drug-likeness (QED) is 0.627. The van der Waals surface area contributed by atoms with Crippen molar-refractivity contribution in [1.29, 1.82) is 0 Å². The first-order valence-corrected chi connectivity index (χ1v) is 6.28. The number of rotatable bonds is 4. The van der Waals surface area contributed by atoms with E-state index in [-0.39, 0.29) is 12.4 Å². The molecule has 2 aromatic rings. The number of esters is 2. The zero-order valence-electron chi connectivity index (χ0n) is 11.8. The minimum absolute atomic E-state index is 0. The molecule has 0 amide bonds. The van der Waals surface area contributed by atoms with E-state index in [1.165, 1.54) is 7.11 Å². The van der Waals surface area contributed by atoms with Gasteiger partial charge in [0.2, 0.25) is 6.04 Å². The number of nitrogens with one attached hydrogen (secondary N) is 1. The van der Waals surface area contributed by atoms with Gasteiger partial charge in [-0.25, -0.2) is 9.59 Å². The lowest BCUT2D eigenvalue weighted by molar-refractivity contribution is -0.414. The van der Waals surface area contributed by atoms with Crippen molar-refractivity contribution in [2.24, 2.45) is 0 Å². The lowest BCUT2D eigenvalue weighted by atomic mass is 10.0. The van der Waals surface area contributed by atoms with Gasteiger partial charge in [-0.1, -0.05) is 12.1 Å². The third-order valence-electron chi connectivity index (χ3n) is 3.10. The lowest BCUT2D eigenvalue weighted by Crippen LogP contribution is -3.00. The van der Waals surface area contributed by atoms with Gasteiger partial charge in [-0.15, -0.1) is 0 Å². The molecular weight excluding hydrogens is 296 g/mol. The first kappa shape index (κ1) is 17.0. The minimum Gasteiger partial charge on any atom is -1.00 e. The van der Waals surface area contributed by atoms with Crippen LogP contribution in [0, 0.1) is 0 Å². The summed E-state index contributed by atoms with van der Waals surface area (Å²) in [5.74, 6) is -0.822. The van der Waals surface area contributed by atoms with Crippen molar-refractivity contribution in [2.45, 2.75) is 13.0 Å². The number of hydrogen-bond donors (Lipinski definition) is 2. The van der Waals surface area contributed by atoms with Gasteiger partial charge in [0.05, 0.1) is 24.8 Å². The molecule has 4 N–H and O–H groups in total. The normalized spacial score (nSPS) is 11.6. The third-order valence-corrected chi connectivity index (χ3v) is 3.10. The fourth-order valence-corrected chi connectivity index (χ4v) is 2.11. The van der Waals surface area contributed by atoms with Gasteiger partial charge in [-0.05, 0) is 13.0 Å². The van der Waals surface area contributed by atoms with Crippen LogP contribution in [0.15, 0.2) is 24.4 Å². The molecule has 0 fully saturated rings. The molecule has 0 aliphatic rings. The van der Waals surface area contributed by atoms with Crippen molar-refractivity contribution < 1.29 is 37.2 Å². The molecule has 0 bridgehead atoms. The Bertz CT molecular complexity index is 653. The highest BCUT2D eigenvalue weighted by Crippen LogP contribution is 2.25. The molecule has 1 atom stereocenters. The van der Waals surface area contributed by atoms with E-state index >= 15 is 0 Å². The summed E-state index contributed by atoms with van der Waals surface area (Å²) in [6.45, 7) is 2.05. The lowest BCUT2D eigenvalue weighted by Gasteiger charge is -2.07. The first-order valence-electron chi connectivity index (χ1n) is 6.28. The molecule has 114 valence electrons. The van der Waals surface area contributed by atoms with E-state index in [9.17, 15) is 9.59 Å². The molecule has 1 heterocycles. The van der Waals surface area contributed by atoms with Gasteiger partial charge in [0.25, 0.3) is 0 Å². The van der Waals surface area contributed by atoms with E-state index < -0.39 is 18.0 Å². The fraction of sp³-hybridized carbons (Fsp3) is 0.286. The summed E-state index contributed by atoms with van der Waals surface area (Å²) >= 11 is 0. The van der Waals surface area contributed by atoms with Gasteiger partial charge in [-0.2, -0.15) is 0 Å². The monoisotopic (exact) mass is 312 g/mol. The van der Waals surface area contributed by atoms with E-state index in [0.717, 1.165) is 5.39 Å². The molecule has 1 unspecified atom stereocenters. The number of hydrogen-bond acceptors (Lipinski definition) is 4. The Morgan fingerprint density at radius 3 is 2.71 bits per heavy atom.